The van der Waals surface area contributed by atoms with Crippen LogP contribution in [0, 0.1) is 17.8 Å². The Morgan fingerprint density at radius 2 is 1.81 bits per heavy atom. The predicted octanol–water partition coefficient (Wildman–Crippen LogP) is 4.90. The summed E-state index contributed by atoms with van der Waals surface area (Å²) in [5.74, 6) is -1.13. The standard InChI is InChI=1S/C34H49N3O4S/c1-6-9-13-20-35(18-7-2)33(41)30-34-17-16-27(42-34)28(29(34)32(40)37(30)26(23-38)21-24(4)5)31(39)36(19-8-3)22-25-14-11-10-12-15-25/h7-8,10-12,14-15,24,26-30,38H,2-3,6,9,13,16-23H2,1,4-5H3/t26-,27-,28+,29+,30?,34?/m1/s1. The number of hydrogen-bond acceptors (Lipinski definition) is 5. The van der Waals surface area contributed by atoms with Gasteiger partial charge in [0.2, 0.25) is 17.7 Å². The van der Waals surface area contributed by atoms with Crippen LogP contribution in [0.1, 0.15) is 64.9 Å². The first kappa shape index (κ1) is 32.3. The lowest BCUT2D eigenvalue weighted by atomic mass is 9.70. The molecule has 0 saturated carbocycles. The summed E-state index contributed by atoms with van der Waals surface area (Å²) in [4.78, 5) is 48.9. The van der Waals surface area contributed by atoms with E-state index in [1.165, 1.54) is 0 Å². The van der Waals surface area contributed by atoms with Crippen LogP contribution in [0.4, 0.5) is 0 Å². The maximum atomic E-state index is 14.6. The molecule has 1 aromatic rings. The number of benzene rings is 1. The summed E-state index contributed by atoms with van der Waals surface area (Å²) in [5, 5.41) is 10.6. The number of carbonyl (C=O) groups is 3. The number of aliphatic hydroxyl groups excluding tert-OH is 1. The fourth-order valence-corrected chi connectivity index (χ4v) is 9.63. The molecule has 0 aromatic heterocycles. The quantitative estimate of drug-likeness (QED) is 0.217. The lowest BCUT2D eigenvalue weighted by molar-refractivity contribution is -0.147. The van der Waals surface area contributed by atoms with Crippen LogP contribution in [0.15, 0.2) is 55.6 Å². The molecule has 2 unspecified atom stereocenters. The fourth-order valence-electron chi connectivity index (χ4n) is 7.44. The molecule has 1 spiro atoms. The largest absolute Gasteiger partial charge is 0.394 e. The van der Waals surface area contributed by atoms with Gasteiger partial charge in [-0.2, -0.15) is 0 Å². The smallest absolute Gasteiger partial charge is 0.247 e. The summed E-state index contributed by atoms with van der Waals surface area (Å²) >= 11 is 1.69. The average molecular weight is 596 g/mol. The van der Waals surface area contributed by atoms with Crippen molar-refractivity contribution in [2.45, 2.75) is 87.9 Å². The van der Waals surface area contributed by atoms with E-state index in [2.05, 4.69) is 33.9 Å². The Hall–Kier alpha value is -2.58. The molecule has 8 heteroatoms. The van der Waals surface area contributed by atoms with Crippen molar-refractivity contribution >= 4 is 29.5 Å². The van der Waals surface area contributed by atoms with Gasteiger partial charge in [0.1, 0.15) is 6.04 Å². The van der Waals surface area contributed by atoms with Crippen LogP contribution in [0.25, 0.3) is 0 Å². The van der Waals surface area contributed by atoms with Crippen molar-refractivity contribution in [3.05, 3.63) is 61.2 Å². The molecular weight excluding hydrogens is 546 g/mol. The number of likely N-dealkylation sites (tertiary alicyclic amines) is 1. The highest BCUT2D eigenvalue weighted by Crippen LogP contribution is 2.67. The predicted molar refractivity (Wildman–Crippen MR) is 170 cm³/mol. The molecule has 0 aliphatic carbocycles. The molecule has 4 rings (SSSR count). The number of amides is 3. The number of carbonyl (C=O) groups excluding carboxylic acids is 3. The highest BCUT2D eigenvalue weighted by Gasteiger charge is 2.74. The molecular formula is C34H49N3O4S. The maximum Gasteiger partial charge on any atom is 0.247 e. The molecule has 2 bridgehead atoms. The van der Waals surface area contributed by atoms with Crippen LogP contribution in [0.5, 0.6) is 0 Å². The summed E-state index contributed by atoms with van der Waals surface area (Å²) in [7, 11) is 0. The third-order valence-corrected chi connectivity index (χ3v) is 11.1. The first-order valence-corrected chi connectivity index (χ1v) is 16.6. The third kappa shape index (κ3) is 6.21. The van der Waals surface area contributed by atoms with E-state index in [0.29, 0.717) is 39.0 Å². The first-order valence-electron chi connectivity index (χ1n) is 15.7. The normalized spacial score (nSPS) is 26.8. The Bertz CT molecular complexity index is 1130. The summed E-state index contributed by atoms with van der Waals surface area (Å²) in [6.45, 7) is 15.7. The Labute approximate surface area is 256 Å². The van der Waals surface area contributed by atoms with E-state index in [-0.39, 0.29) is 35.5 Å². The molecule has 1 aromatic carbocycles. The number of fused-ring (bicyclic) bond motifs is 1. The van der Waals surface area contributed by atoms with Gasteiger partial charge in [0.05, 0.1) is 29.2 Å². The van der Waals surface area contributed by atoms with Crippen LogP contribution in [-0.2, 0) is 20.9 Å². The molecule has 3 aliphatic heterocycles. The van der Waals surface area contributed by atoms with E-state index in [0.717, 1.165) is 31.2 Å². The SMILES string of the molecule is C=CCN(CCCCC)C(=O)C1N([C@@H](CO)CC(C)C)C(=O)[C@@H]2[C@@H](C(=O)N(CC=C)Cc3ccccc3)[C@H]3CCC12S3. The van der Waals surface area contributed by atoms with Crippen LogP contribution in [0.3, 0.4) is 0 Å². The summed E-state index contributed by atoms with van der Waals surface area (Å²) < 4.78 is -0.680. The van der Waals surface area contributed by atoms with E-state index in [4.69, 9.17) is 0 Å². The van der Waals surface area contributed by atoms with Crippen molar-refractivity contribution in [1.82, 2.24) is 14.7 Å². The van der Waals surface area contributed by atoms with Crippen molar-refractivity contribution in [2.24, 2.45) is 17.8 Å². The van der Waals surface area contributed by atoms with Crippen molar-refractivity contribution in [3.63, 3.8) is 0 Å². The van der Waals surface area contributed by atoms with Gasteiger partial charge in [0, 0.05) is 31.4 Å². The lowest BCUT2D eigenvalue weighted by Crippen LogP contribution is -2.57. The molecule has 1 N–H and O–H groups in total. The van der Waals surface area contributed by atoms with E-state index in [9.17, 15) is 19.5 Å². The zero-order chi connectivity index (χ0) is 30.4. The second-order valence-corrected chi connectivity index (χ2v) is 14.1. The van der Waals surface area contributed by atoms with Gasteiger partial charge >= 0.3 is 0 Å². The number of nitrogens with zero attached hydrogens (tertiary/aromatic N) is 3. The number of hydrogen-bond donors (Lipinski definition) is 1. The second kappa shape index (κ2) is 14.3. The van der Waals surface area contributed by atoms with Crippen LogP contribution >= 0.6 is 11.8 Å². The van der Waals surface area contributed by atoms with E-state index in [1.807, 2.05) is 35.2 Å². The maximum absolute atomic E-state index is 14.6. The molecule has 42 heavy (non-hydrogen) atoms. The summed E-state index contributed by atoms with van der Waals surface area (Å²) in [6, 6.07) is 8.70. The minimum Gasteiger partial charge on any atom is -0.394 e. The topological polar surface area (TPSA) is 81.2 Å². The molecule has 230 valence electrons. The highest BCUT2D eigenvalue weighted by molar-refractivity contribution is 8.02. The molecule has 3 saturated heterocycles. The molecule has 3 amide bonds. The van der Waals surface area contributed by atoms with Gasteiger partial charge in [0.25, 0.3) is 0 Å². The van der Waals surface area contributed by atoms with Crippen LogP contribution in [-0.4, -0.2) is 85.8 Å². The number of aliphatic hydroxyl groups is 1. The number of rotatable bonds is 16. The van der Waals surface area contributed by atoms with Crippen molar-refractivity contribution in [3.8, 4) is 0 Å². The second-order valence-electron chi connectivity index (χ2n) is 12.5. The monoisotopic (exact) mass is 595 g/mol. The molecule has 6 atom stereocenters. The van der Waals surface area contributed by atoms with Gasteiger partial charge in [-0.05, 0) is 37.2 Å². The van der Waals surface area contributed by atoms with Crippen LogP contribution < -0.4 is 0 Å². The number of unbranched alkanes of at least 4 members (excludes halogenated alkanes) is 2. The van der Waals surface area contributed by atoms with Gasteiger partial charge in [0.15, 0.2) is 0 Å². The fraction of sp³-hybridized carbons (Fsp3) is 0.618. The molecule has 0 radical (unpaired) electrons. The van der Waals surface area contributed by atoms with Crippen molar-refractivity contribution < 1.29 is 19.5 Å². The van der Waals surface area contributed by atoms with Gasteiger partial charge in [-0.25, -0.2) is 0 Å². The average Bonchev–Trinajstić information content (AvgIpc) is 3.62. The van der Waals surface area contributed by atoms with Gasteiger partial charge in [-0.1, -0.05) is 76.1 Å². The molecule has 3 aliphatic rings. The Balaban J connectivity index is 1.73. The Morgan fingerprint density at radius 3 is 2.43 bits per heavy atom. The first-order chi connectivity index (χ1) is 20.2. The number of thioether (sulfide) groups is 1. The van der Waals surface area contributed by atoms with Gasteiger partial charge < -0.3 is 19.8 Å². The Morgan fingerprint density at radius 1 is 1.12 bits per heavy atom. The molecule has 7 nitrogen and oxygen atoms in total. The molecule has 3 fully saturated rings. The molecule has 3 heterocycles. The van der Waals surface area contributed by atoms with Gasteiger partial charge in [-0.15, -0.1) is 24.9 Å². The van der Waals surface area contributed by atoms with E-state index in [1.54, 1.807) is 33.7 Å². The van der Waals surface area contributed by atoms with Crippen LogP contribution in [0.2, 0.25) is 0 Å². The minimum absolute atomic E-state index is 0.0161. The zero-order valence-electron chi connectivity index (χ0n) is 25.6. The minimum atomic E-state index is -0.706. The van der Waals surface area contributed by atoms with Crippen molar-refractivity contribution in [1.29, 1.82) is 0 Å². The Kier molecular flexibility index (Phi) is 11.0. The van der Waals surface area contributed by atoms with E-state index >= 15 is 0 Å². The third-order valence-electron chi connectivity index (χ3n) is 9.17. The van der Waals surface area contributed by atoms with Gasteiger partial charge in [-0.3, -0.25) is 14.4 Å². The lowest BCUT2D eigenvalue weighted by Gasteiger charge is -2.40. The summed E-state index contributed by atoms with van der Waals surface area (Å²) in [5.41, 5.74) is 1.02. The highest BCUT2D eigenvalue weighted by atomic mass is 32.2. The van der Waals surface area contributed by atoms with E-state index < -0.39 is 28.7 Å². The summed E-state index contributed by atoms with van der Waals surface area (Å²) in [6.07, 6.45) is 8.53. The zero-order valence-corrected chi connectivity index (χ0v) is 26.4. The van der Waals surface area contributed by atoms with Crippen molar-refractivity contribution in [2.75, 3.05) is 26.2 Å².